The molecule has 1 amide bonds. The Morgan fingerprint density at radius 3 is 2.57 bits per heavy atom. The number of nitrogens with two attached hydrogens (primary N) is 1. The van der Waals surface area contributed by atoms with Crippen LogP contribution in [0.2, 0.25) is 0 Å². The number of piperidine rings is 1. The summed E-state index contributed by atoms with van der Waals surface area (Å²) in [4.78, 5) is 14.1. The maximum atomic E-state index is 14.0. The van der Waals surface area contributed by atoms with Crippen LogP contribution in [0.4, 0.5) is 4.39 Å². The highest BCUT2D eigenvalue weighted by molar-refractivity contribution is 5.78. The van der Waals surface area contributed by atoms with Crippen LogP contribution in [-0.2, 0) is 4.79 Å². The number of ether oxygens (including phenoxy) is 1. The van der Waals surface area contributed by atoms with E-state index in [0.29, 0.717) is 18.4 Å². The Labute approximate surface area is 125 Å². The van der Waals surface area contributed by atoms with Crippen LogP contribution in [0.25, 0.3) is 0 Å². The number of carbonyl (C=O) groups is 1. The molecule has 2 atom stereocenters. The van der Waals surface area contributed by atoms with Gasteiger partial charge in [-0.15, -0.1) is 0 Å². The highest BCUT2D eigenvalue weighted by Crippen LogP contribution is 2.37. The molecule has 21 heavy (non-hydrogen) atoms. The Hall–Kier alpha value is -1.62. The fraction of sp³-hybridized carbons (Fsp3) is 0.562. The molecule has 0 bridgehead atoms. The Morgan fingerprint density at radius 2 is 2.05 bits per heavy atom. The summed E-state index contributed by atoms with van der Waals surface area (Å²) >= 11 is 0. The zero-order chi connectivity index (χ0) is 15.8. The predicted octanol–water partition coefficient (Wildman–Crippen LogP) is 2.62. The highest BCUT2D eigenvalue weighted by atomic mass is 19.1. The molecule has 1 heterocycles. The molecule has 1 aliphatic heterocycles. The fourth-order valence-corrected chi connectivity index (χ4v) is 2.97. The van der Waals surface area contributed by atoms with Gasteiger partial charge in [0.25, 0.3) is 0 Å². The van der Waals surface area contributed by atoms with Gasteiger partial charge in [0.05, 0.1) is 13.2 Å². The number of amides is 1. The van der Waals surface area contributed by atoms with Gasteiger partial charge in [0.15, 0.2) is 11.6 Å². The van der Waals surface area contributed by atoms with Crippen LogP contribution in [0, 0.1) is 5.82 Å². The molecule has 1 aromatic carbocycles. The van der Waals surface area contributed by atoms with Gasteiger partial charge in [-0.1, -0.05) is 6.07 Å². The van der Waals surface area contributed by atoms with E-state index in [9.17, 15) is 9.18 Å². The molecule has 1 saturated heterocycles. The normalized spacial score (nSPS) is 23.3. The first-order valence-corrected chi connectivity index (χ1v) is 7.17. The van der Waals surface area contributed by atoms with Gasteiger partial charge < -0.3 is 15.4 Å². The minimum Gasteiger partial charge on any atom is -0.494 e. The lowest BCUT2D eigenvalue weighted by atomic mass is 9.86. The third-order valence-electron chi connectivity index (χ3n) is 3.88. The van der Waals surface area contributed by atoms with Crippen molar-refractivity contribution in [3.05, 3.63) is 29.6 Å². The molecule has 0 saturated carbocycles. The first-order chi connectivity index (χ1) is 9.75. The molecule has 4 nitrogen and oxygen atoms in total. The van der Waals surface area contributed by atoms with Crippen LogP contribution in [0.15, 0.2) is 18.2 Å². The van der Waals surface area contributed by atoms with Crippen LogP contribution in [0.3, 0.4) is 0 Å². The molecule has 2 N–H and O–H groups in total. The quantitative estimate of drug-likeness (QED) is 0.912. The fourth-order valence-electron chi connectivity index (χ4n) is 2.97. The molecule has 1 aliphatic rings. The molecule has 0 spiro atoms. The van der Waals surface area contributed by atoms with Crippen molar-refractivity contribution >= 4 is 5.91 Å². The number of nitrogens with zero attached hydrogens (tertiary/aromatic N) is 1. The van der Waals surface area contributed by atoms with E-state index in [1.54, 1.807) is 17.0 Å². The van der Waals surface area contributed by atoms with E-state index in [-0.39, 0.29) is 29.3 Å². The van der Waals surface area contributed by atoms with Crippen molar-refractivity contribution in [2.24, 2.45) is 5.73 Å². The average Bonchev–Trinajstić information content (AvgIpc) is 2.39. The lowest BCUT2D eigenvalue weighted by molar-refractivity contribution is -0.144. The monoisotopic (exact) mass is 294 g/mol. The predicted molar refractivity (Wildman–Crippen MR) is 79.5 cm³/mol. The summed E-state index contributed by atoms with van der Waals surface area (Å²) < 4.78 is 18.9. The average molecular weight is 294 g/mol. The van der Waals surface area contributed by atoms with E-state index in [1.807, 2.05) is 20.8 Å². The summed E-state index contributed by atoms with van der Waals surface area (Å²) in [5.41, 5.74) is 6.58. The second kappa shape index (κ2) is 5.64. The number of benzene rings is 1. The van der Waals surface area contributed by atoms with Crippen LogP contribution >= 0.6 is 0 Å². The lowest BCUT2D eigenvalue weighted by Crippen LogP contribution is -2.56. The largest absolute Gasteiger partial charge is 0.494 e. The van der Waals surface area contributed by atoms with Gasteiger partial charge in [-0.05, 0) is 44.9 Å². The first kappa shape index (κ1) is 15.8. The second-order valence-electron chi connectivity index (χ2n) is 6.48. The minimum absolute atomic E-state index is 0.0606. The summed E-state index contributed by atoms with van der Waals surface area (Å²) in [6.07, 6.45) is 1.05. The van der Waals surface area contributed by atoms with E-state index in [2.05, 4.69) is 0 Å². The molecular weight excluding hydrogens is 271 g/mol. The Balaban J connectivity index is 2.46. The highest BCUT2D eigenvalue weighted by Gasteiger charge is 2.40. The number of carbonyl (C=O) groups excluding carboxylic acids is 1. The number of rotatable bonds is 2. The number of methoxy groups -OCH3 is 1. The van der Waals surface area contributed by atoms with Gasteiger partial charge in [-0.25, -0.2) is 4.39 Å². The van der Waals surface area contributed by atoms with Crippen LogP contribution in [-0.4, -0.2) is 29.5 Å². The van der Waals surface area contributed by atoms with E-state index < -0.39 is 5.82 Å². The molecule has 5 heteroatoms. The topological polar surface area (TPSA) is 55.6 Å². The van der Waals surface area contributed by atoms with Crippen molar-refractivity contribution in [2.45, 2.75) is 51.2 Å². The standard InChI is InChI=1S/C16H23FN2O2/c1-16(2,3)19-14(20)8-6-12(18)15(19)10-5-7-13(21-4)11(17)9-10/h5,7,9,12,15H,6,8,18H2,1-4H3. The molecule has 116 valence electrons. The van der Waals surface area contributed by atoms with E-state index in [4.69, 9.17) is 10.5 Å². The number of hydrogen-bond donors (Lipinski definition) is 1. The van der Waals surface area contributed by atoms with Crippen molar-refractivity contribution < 1.29 is 13.9 Å². The van der Waals surface area contributed by atoms with E-state index in [0.717, 1.165) is 0 Å². The van der Waals surface area contributed by atoms with Crippen molar-refractivity contribution in [1.82, 2.24) is 4.90 Å². The molecule has 0 aromatic heterocycles. The third-order valence-corrected chi connectivity index (χ3v) is 3.88. The van der Waals surface area contributed by atoms with Crippen LogP contribution in [0.5, 0.6) is 5.75 Å². The zero-order valence-corrected chi connectivity index (χ0v) is 13.0. The molecule has 1 fully saturated rings. The molecule has 0 radical (unpaired) electrons. The summed E-state index contributed by atoms with van der Waals surface area (Å²) in [5, 5.41) is 0. The van der Waals surface area contributed by atoms with Gasteiger partial charge >= 0.3 is 0 Å². The zero-order valence-electron chi connectivity index (χ0n) is 13.0. The van der Waals surface area contributed by atoms with E-state index >= 15 is 0 Å². The van der Waals surface area contributed by atoms with Crippen molar-refractivity contribution in [1.29, 1.82) is 0 Å². The van der Waals surface area contributed by atoms with Crippen molar-refractivity contribution in [3.8, 4) is 5.75 Å². The van der Waals surface area contributed by atoms with Crippen LogP contribution < -0.4 is 10.5 Å². The molecule has 2 rings (SSSR count). The minimum atomic E-state index is -0.436. The van der Waals surface area contributed by atoms with Crippen molar-refractivity contribution in [3.63, 3.8) is 0 Å². The SMILES string of the molecule is COc1ccc(C2C(N)CCC(=O)N2C(C)(C)C)cc1F. The molecule has 1 aromatic rings. The van der Waals surface area contributed by atoms with Gasteiger partial charge in [0, 0.05) is 18.0 Å². The van der Waals surface area contributed by atoms with Crippen molar-refractivity contribution in [2.75, 3.05) is 7.11 Å². The van der Waals surface area contributed by atoms with Gasteiger partial charge in [-0.3, -0.25) is 4.79 Å². The summed E-state index contributed by atoms with van der Waals surface area (Å²) in [6.45, 7) is 5.90. The maximum absolute atomic E-state index is 14.0. The maximum Gasteiger partial charge on any atom is 0.223 e. The summed E-state index contributed by atoms with van der Waals surface area (Å²) in [6, 6.07) is 4.27. The third kappa shape index (κ3) is 3.02. The number of halogens is 1. The molecular formula is C16H23FN2O2. The number of likely N-dealkylation sites (tertiary alicyclic amines) is 1. The van der Waals surface area contributed by atoms with Gasteiger partial charge in [0.2, 0.25) is 5.91 Å². The molecule has 2 unspecified atom stereocenters. The lowest BCUT2D eigenvalue weighted by Gasteiger charge is -2.47. The summed E-state index contributed by atoms with van der Waals surface area (Å²) in [5.74, 6) is -0.184. The Bertz CT molecular complexity index is 540. The smallest absolute Gasteiger partial charge is 0.223 e. The van der Waals surface area contributed by atoms with E-state index in [1.165, 1.54) is 13.2 Å². The Morgan fingerprint density at radius 1 is 1.38 bits per heavy atom. The van der Waals surface area contributed by atoms with Gasteiger partial charge in [0.1, 0.15) is 0 Å². The van der Waals surface area contributed by atoms with Gasteiger partial charge in [-0.2, -0.15) is 0 Å². The second-order valence-corrected chi connectivity index (χ2v) is 6.48. The number of hydrogen-bond acceptors (Lipinski definition) is 3. The first-order valence-electron chi connectivity index (χ1n) is 7.17. The molecule has 0 aliphatic carbocycles. The Kier molecular flexibility index (Phi) is 4.23. The summed E-state index contributed by atoms with van der Waals surface area (Å²) in [7, 11) is 1.43. The van der Waals surface area contributed by atoms with Crippen LogP contribution in [0.1, 0.15) is 45.2 Å².